The van der Waals surface area contributed by atoms with Gasteiger partial charge in [-0.2, -0.15) is 0 Å². The molecule has 1 amide bonds. The van der Waals surface area contributed by atoms with E-state index in [0.29, 0.717) is 12.3 Å². The largest absolute Gasteiger partial charge is 0.380 e. The van der Waals surface area contributed by atoms with Crippen molar-refractivity contribution in [3.05, 3.63) is 45.1 Å². The monoisotopic (exact) mass is 366 g/mol. The van der Waals surface area contributed by atoms with Crippen molar-refractivity contribution < 1.29 is 4.79 Å². The maximum Gasteiger partial charge on any atom is 0.224 e. The average molecular weight is 367 g/mol. The van der Waals surface area contributed by atoms with Gasteiger partial charge in [-0.15, -0.1) is 11.3 Å². The van der Waals surface area contributed by atoms with Gasteiger partial charge in [-0.3, -0.25) is 4.79 Å². The lowest BCUT2D eigenvalue weighted by Gasteiger charge is -2.10. The molecule has 0 saturated heterocycles. The van der Waals surface area contributed by atoms with E-state index in [4.69, 9.17) is 0 Å². The topological polar surface area (TPSA) is 41.1 Å². The van der Waals surface area contributed by atoms with Gasteiger partial charge >= 0.3 is 0 Å². The van der Waals surface area contributed by atoms with Crippen molar-refractivity contribution in [3.8, 4) is 0 Å². The maximum atomic E-state index is 11.8. The van der Waals surface area contributed by atoms with Crippen LogP contribution in [0.4, 0.5) is 11.4 Å². The zero-order valence-corrected chi connectivity index (χ0v) is 14.6. The molecule has 0 bridgehead atoms. The number of carbonyl (C=O) groups is 1. The van der Waals surface area contributed by atoms with E-state index in [9.17, 15) is 4.79 Å². The van der Waals surface area contributed by atoms with Gasteiger partial charge in [0, 0.05) is 39.1 Å². The van der Waals surface area contributed by atoms with Gasteiger partial charge in [0.05, 0.1) is 0 Å². The van der Waals surface area contributed by atoms with Crippen LogP contribution in [0, 0.1) is 5.92 Å². The molecule has 0 aliphatic heterocycles. The third kappa shape index (κ3) is 5.52. The number of hydrogen-bond donors (Lipinski definition) is 2. The van der Waals surface area contributed by atoms with Gasteiger partial charge in [0.2, 0.25) is 5.91 Å². The van der Waals surface area contributed by atoms with Gasteiger partial charge in [0.25, 0.3) is 0 Å². The van der Waals surface area contributed by atoms with Crippen LogP contribution in [0.3, 0.4) is 0 Å². The number of halogens is 1. The SMILES string of the molecule is CC(C)CC(=O)Nc1cccc(NCc2cc(Br)cs2)c1. The molecule has 0 radical (unpaired) electrons. The fraction of sp³-hybridized carbons (Fsp3) is 0.312. The molecule has 112 valence electrons. The van der Waals surface area contributed by atoms with Gasteiger partial charge in [-0.05, 0) is 46.1 Å². The third-order valence-corrected chi connectivity index (χ3v) is 4.53. The van der Waals surface area contributed by atoms with E-state index in [0.717, 1.165) is 22.4 Å². The van der Waals surface area contributed by atoms with Crippen molar-refractivity contribution in [2.75, 3.05) is 10.6 Å². The highest BCUT2D eigenvalue weighted by atomic mass is 79.9. The van der Waals surface area contributed by atoms with Crippen LogP contribution in [0.2, 0.25) is 0 Å². The zero-order valence-electron chi connectivity index (χ0n) is 12.2. The van der Waals surface area contributed by atoms with E-state index >= 15 is 0 Å². The van der Waals surface area contributed by atoms with E-state index in [1.807, 2.05) is 38.1 Å². The molecule has 1 heterocycles. The van der Waals surface area contributed by atoms with Gasteiger partial charge in [0.15, 0.2) is 0 Å². The van der Waals surface area contributed by atoms with Crippen LogP contribution in [-0.2, 0) is 11.3 Å². The summed E-state index contributed by atoms with van der Waals surface area (Å²) in [4.78, 5) is 13.0. The van der Waals surface area contributed by atoms with Crippen LogP contribution in [0.25, 0.3) is 0 Å². The normalized spacial score (nSPS) is 10.7. The smallest absolute Gasteiger partial charge is 0.224 e. The van der Waals surface area contributed by atoms with Gasteiger partial charge in [0.1, 0.15) is 0 Å². The number of anilines is 2. The van der Waals surface area contributed by atoms with Crippen LogP contribution in [0.15, 0.2) is 40.2 Å². The minimum Gasteiger partial charge on any atom is -0.380 e. The molecule has 0 aliphatic carbocycles. The van der Waals surface area contributed by atoms with Crippen LogP contribution < -0.4 is 10.6 Å². The Morgan fingerprint density at radius 3 is 2.71 bits per heavy atom. The van der Waals surface area contributed by atoms with Crippen molar-refractivity contribution in [1.29, 1.82) is 0 Å². The Kier molecular flexibility index (Phi) is 5.82. The lowest BCUT2D eigenvalue weighted by Crippen LogP contribution is -2.13. The quantitative estimate of drug-likeness (QED) is 0.745. The van der Waals surface area contributed by atoms with Crippen molar-refractivity contribution in [3.63, 3.8) is 0 Å². The lowest BCUT2D eigenvalue weighted by atomic mass is 10.1. The summed E-state index contributed by atoms with van der Waals surface area (Å²) < 4.78 is 1.11. The summed E-state index contributed by atoms with van der Waals surface area (Å²) in [6.07, 6.45) is 0.543. The Morgan fingerprint density at radius 2 is 2.05 bits per heavy atom. The summed E-state index contributed by atoms with van der Waals surface area (Å²) >= 11 is 5.16. The highest BCUT2D eigenvalue weighted by molar-refractivity contribution is 9.10. The molecule has 21 heavy (non-hydrogen) atoms. The number of hydrogen-bond acceptors (Lipinski definition) is 3. The standard InChI is InChI=1S/C16H19BrN2OS/c1-11(2)6-16(20)19-14-5-3-4-13(8-14)18-9-15-7-12(17)10-21-15/h3-5,7-8,10-11,18H,6,9H2,1-2H3,(H,19,20). The molecule has 1 aromatic carbocycles. The minimum atomic E-state index is 0.0596. The Labute approximate surface area is 137 Å². The maximum absolute atomic E-state index is 11.8. The molecule has 3 nitrogen and oxygen atoms in total. The molecule has 2 N–H and O–H groups in total. The van der Waals surface area contributed by atoms with Crippen LogP contribution in [0.1, 0.15) is 25.1 Å². The first-order valence-electron chi connectivity index (χ1n) is 6.89. The fourth-order valence-electron chi connectivity index (χ4n) is 1.93. The van der Waals surface area contributed by atoms with E-state index in [1.165, 1.54) is 4.88 Å². The molecule has 2 aromatic rings. The van der Waals surface area contributed by atoms with E-state index in [-0.39, 0.29) is 5.91 Å². The molecule has 2 rings (SSSR count). The minimum absolute atomic E-state index is 0.0596. The van der Waals surface area contributed by atoms with E-state index in [1.54, 1.807) is 11.3 Å². The molecule has 0 spiro atoms. The molecule has 5 heteroatoms. The lowest BCUT2D eigenvalue weighted by molar-refractivity contribution is -0.116. The predicted octanol–water partition coefficient (Wildman–Crippen LogP) is 5.11. The van der Waals surface area contributed by atoms with E-state index in [2.05, 4.69) is 38.0 Å². The molecule has 1 aromatic heterocycles. The van der Waals surface area contributed by atoms with Gasteiger partial charge in [-0.25, -0.2) is 0 Å². The first-order valence-corrected chi connectivity index (χ1v) is 8.57. The fourth-order valence-corrected chi connectivity index (χ4v) is 3.32. The number of amides is 1. The Balaban J connectivity index is 1.92. The number of benzene rings is 1. The summed E-state index contributed by atoms with van der Waals surface area (Å²) in [5, 5.41) is 8.37. The first kappa shape index (κ1) is 16.0. The molecule has 0 atom stereocenters. The van der Waals surface area contributed by atoms with Crippen LogP contribution in [-0.4, -0.2) is 5.91 Å². The highest BCUT2D eigenvalue weighted by Gasteiger charge is 2.05. The second-order valence-corrected chi connectivity index (χ2v) is 7.22. The summed E-state index contributed by atoms with van der Waals surface area (Å²) in [6.45, 7) is 4.85. The molecule has 0 fully saturated rings. The molecular weight excluding hydrogens is 348 g/mol. The third-order valence-electron chi connectivity index (χ3n) is 2.83. The summed E-state index contributed by atoms with van der Waals surface area (Å²) in [5.74, 6) is 0.424. The van der Waals surface area contributed by atoms with Crippen LogP contribution in [0.5, 0.6) is 0 Å². The molecule has 0 unspecified atom stereocenters. The Morgan fingerprint density at radius 1 is 1.29 bits per heavy atom. The predicted molar refractivity (Wildman–Crippen MR) is 93.9 cm³/mol. The number of rotatable bonds is 6. The van der Waals surface area contributed by atoms with Crippen LogP contribution >= 0.6 is 27.3 Å². The molecule has 0 saturated carbocycles. The molecular formula is C16H19BrN2OS. The number of nitrogens with one attached hydrogen (secondary N) is 2. The first-order chi connectivity index (χ1) is 10.0. The summed E-state index contributed by atoms with van der Waals surface area (Å²) in [5.41, 5.74) is 1.83. The molecule has 0 aliphatic rings. The van der Waals surface area contributed by atoms with Crippen molar-refractivity contribution in [2.45, 2.75) is 26.8 Å². The second kappa shape index (κ2) is 7.61. The van der Waals surface area contributed by atoms with Gasteiger partial charge in [-0.1, -0.05) is 19.9 Å². The van der Waals surface area contributed by atoms with Crippen molar-refractivity contribution in [1.82, 2.24) is 0 Å². The Hall–Kier alpha value is -1.33. The average Bonchev–Trinajstić information content (AvgIpc) is 2.81. The Bertz CT molecular complexity index is 610. The second-order valence-electron chi connectivity index (χ2n) is 5.31. The van der Waals surface area contributed by atoms with Crippen molar-refractivity contribution in [2.24, 2.45) is 5.92 Å². The van der Waals surface area contributed by atoms with E-state index < -0.39 is 0 Å². The zero-order chi connectivity index (χ0) is 15.2. The summed E-state index contributed by atoms with van der Waals surface area (Å²) in [7, 11) is 0. The van der Waals surface area contributed by atoms with Crippen molar-refractivity contribution >= 4 is 44.5 Å². The number of carbonyl (C=O) groups excluding carboxylic acids is 1. The van der Waals surface area contributed by atoms with Gasteiger partial charge < -0.3 is 10.6 Å². The summed E-state index contributed by atoms with van der Waals surface area (Å²) in [6, 6.07) is 9.91. The number of thiophene rings is 1. The highest BCUT2D eigenvalue weighted by Crippen LogP contribution is 2.22.